The van der Waals surface area contributed by atoms with Gasteiger partial charge in [0, 0.05) is 25.1 Å². The summed E-state index contributed by atoms with van der Waals surface area (Å²) in [6, 6.07) is 3.50. The molecule has 2 aromatic rings. The molecule has 0 unspecified atom stereocenters. The van der Waals surface area contributed by atoms with Gasteiger partial charge in [0.1, 0.15) is 11.6 Å². The summed E-state index contributed by atoms with van der Waals surface area (Å²) in [5.74, 6) is 0. The number of nitriles is 1. The van der Waals surface area contributed by atoms with Gasteiger partial charge in [-0.15, -0.1) is 0 Å². The molecule has 0 atom stereocenters. The lowest BCUT2D eigenvalue weighted by Gasteiger charge is -2.05. The molecule has 0 bridgehead atoms. The van der Waals surface area contributed by atoms with Crippen LogP contribution in [0.3, 0.4) is 0 Å². The van der Waals surface area contributed by atoms with Gasteiger partial charge < -0.3 is 0 Å². The summed E-state index contributed by atoms with van der Waals surface area (Å²) in [5.41, 5.74) is -1.26. The zero-order valence-electron chi connectivity index (χ0n) is 8.83. The van der Waals surface area contributed by atoms with Crippen molar-refractivity contribution in [3.63, 3.8) is 0 Å². The predicted molar refractivity (Wildman–Crippen MR) is 58.3 cm³/mol. The van der Waals surface area contributed by atoms with E-state index in [1.165, 1.54) is 10.8 Å². The second kappa shape index (κ2) is 4.49. The largest absolute Gasteiger partial charge is 0.328 e. The van der Waals surface area contributed by atoms with Crippen molar-refractivity contribution in [3.8, 4) is 6.07 Å². The minimum absolute atomic E-state index is 0.0786. The van der Waals surface area contributed by atoms with Crippen LogP contribution in [0.1, 0.15) is 5.56 Å². The highest BCUT2D eigenvalue weighted by Gasteiger charge is 2.03. The molecule has 0 saturated carbocycles. The molecular weight excluding hydrogens is 222 g/mol. The summed E-state index contributed by atoms with van der Waals surface area (Å²) in [5, 5.41) is 12.7. The maximum Gasteiger partial charge on any atom is 0.328 e. The highest BCUT2D eigenvalue weighted by Crippen LogP contribution is 1.89. The highest BCUT2D eigenvalue weighted by molar-refractivity contribution is 5.21. The van der Waals surface area contributed by atoms with Gasteiger partial charge in [-0.05, 0) is 6.07 Å². The number of aromatic nitrogens is 4. The first-order valence-electron chi connectivity index (χ1n) is 4.92. The Bertz CT molecular complexity index is 659. The van der Waals surface area contributed by atoms with Crippen LogP contribution in [0.2, 0.25) is 0 Å². The molecule has 7 heteroatoms. The summed E-state index contributed by atoms with van der Waals surface area (Å²) in [4.78, 5) is 24.7. The third-order valence-corrected chi connectivity index (χ3v) is 2.26. The number of nitrogens with zero attached hydrogens (tertiary/aromatic N) is 4. The van der Waals surface area contributed by atoms with Gasteiger partial charge in [0.2, 0.25) is 0 Å². The fourth-order valence-electron chi connectivity index (χ4n) is 1.40. The number of rotatable bonds is 3. The Morgan fingerprint density at radius 1 is 1.41 bits per heavy atom. The molecule has 0 aromatic carbocycles. The van der Waals surface area contributed by atoms with E-state index >= 15 is 0 Å². The summed E-state index contributed by atoms with van der Waals surface area (Å²) in [6.07, 6.45) is 4.66. The molecule has 0 radical (unpaired) electrons. The van der Waals surface area contributed by atoms with Crippen LogP contribution in [-0.4, -0.2) is 19.3 Å². The van der Waals surface area contributed by atoms with Crippen molar-refractivity contribution in [2.75, 3.05) is 0 Å². The van der Waals surface area contributed by atoms with Gasteiger partial charge in [-0.3, -0.25) is 19.0 Å². The Morgan fingerprint density at radius 2 is 2.24 bits per heavy atom. The van der Waals surface area contributed by atoms with Gasteiger partial charge in [-0.2, -0.15) is 10.4 Å². The van der Waals surface area contributed by atoms with Crippen molar-refractivity contribution < 1.29 is 0 Å². The van der Waals surface area contributed by atoms with Crippen LogP contribution in [-0.2, 0) is 13.1 Å². The van der Waals surface area contributed by atoms with E-state index in [0.717, 1.165) is 0 Å². The number of aryl methyl sites for hydroxylation is 2. The second-order valence-electron chi connectivity index (χ2n) is 3.38. The van der Waals surface area contributed by atoms with Crippen LogP contribution in [0, 0.1) is 11.3 Å². The zero-order valence-corrected chi connectivity index (χ0v) is 8.83. The molecule has 0 amide bonds. The summed E-state index contributed by atoms with van der Waals surface area (Å²) < 4.78 is 2.94. The topological polar surface area (TPSA) is 96.5 Å². The van der Waals surface area contributed by atoms with Gasteiger partial charge >= 0.3 is 5.69 Å². The molecule has 0 aliphatic carbocycles. The molecule has 0 aliphatic rings. The molecular formula is C10H9N5O2. The van der Waals surface area contributed by atoms with Crippen LogP contribution in [0.5, 0.6) is 0 Å². The molecule has 0 saturated heterocycles. The average molecular weight is 231 g/mol. The van der Waals surface area contributed by atoms with Crippen LogP contribution >= 0.6 is 0 Å². The Morgan fingerprint density at radius 3 is 2.88 bits per heavy atom. The van der Waals surface area contributed by atoms with Gasteiger partial charge in [-0.1, -0.05) is 0 Å². The van der Waals surface area contributed by atoms with Crippen molar-refractivity contribution in [2.24, 2.45) is 0 Å². The molecule has 2 rings (SSSR count). The summed E-state index contributed by atoms with van der Waals surface area (Å²) in [7, 11) is 0. The molecule has 0 fully saturated rings. The third-order valence-electron chi connectivity index (χ3n) is 2.26. The molecule has 86 valence electrons. The van der Waals surface area contributed by atoms with E-state index in [1.807, 2.05) is 0 Å². The van der Waals surface area contributed by atoms with Gasteiger partial charge in [0.25, 0.3) is 5.56 Å². The van der Waals surface area contributed by atoms with Crippen molar-refractivity contribution in [3.05, 3.63) is 51.1 Å². The molecule has 2 aromatic heterocycles. The Hall–Kier alpha value is -2.62. The lowest BCUT2D eigenvalue weighted by Crippen LogP contribution is -2.32. The number of hydrogen-bond donors (Lipinski definition) is 1. The standard InChI is InChI=1S/C10H9N5O2/c11-6-8-7-14(10(17)13-9(8)16)4-5-15-3-1-2-12-15/h1-3,7H,4-5H2,(H,13,16,17). The van der Waals surface area contributed by atoms with Crippen molar-refractivity contribution in [1.82, 2.24) is 19.3 Å². The van der Waals surface area contributed by atoms with Crippen LogP contribution in [0.4, 0.5) is 0 Å². The lowest BCUT2D eigenvalue weighted by atomic mass is 10.4. The second-order valence-corrected chi connectivity index (χ2v) is 3.38. The molecule has 17 heavy (non-hydrogen) atoms. The Kier molecular flexibility index (Phi) is 2.87. The van der Waals surface area contributed by atoms with Crippen LogP contribution in [0.15, 0.2) is 34.2 Å². The number of nitrogens with one attached hydrogen (secondary N) is 1. The fourth-order valence-corrected chi connectivity index (χ4v) is 1.40. The Balaban J connectivity index is 2.25. The molecule has 1 N–H and O–H groups in total. The van der Waals surface area contributed by atoms with E-state index in [2.05, 4.69) is 10.1 Å². The van der Waals surface area contributed by atoms with Gasteiger partial charge in [0.05, 0.1) is 6.54 Å². The summed E-state index contributed by atoms with van der Waals surface area (Å²) >= 11 is 0. The molecule has 0 aliphatic heterocycles. The van der Waals surface area contributed by atoms with Crippen molar-refractivity contribution in [2.45, 2.75) is 13.1 Å². The van der Waals surface area contributed by atoms with E-state index in [9.17, 15) is 9.59 Å². The molecule has 7 nitrogen and oxygen atoms in total. The SMILES string of the molecule is N#Cc1cn(CCn2cccn2)c(=O)[nH]c1=O. The van der Waals surface area contributed by atoms with E-state index in [-0.39, 0.29) is 5.56 Å². The van der Waals surface area contributed by atoms with Crippen LogP contribution in [0.25, 0.3) is 0 Å². The first-order valence-corrected chi connectivity index (χ1v) is 4.92. The van der Waals surface area contributed by atoms with Gasteiger partial charge in [-0.25, -0.2) is 4.79 Å². The highest BCUT2D eigenvalue weighted by atomic mass is 16.2. The van der Waals surface area contributed by atoms with E-state index in [4.69, 9.17) is 5.26 Å². The smallest absolute Gasteiger partial charge is 0.297 e. The van der Waals surface area contributed by atoms with E-state index in [1.54, 1.807) is 29.2 Å². The van der Waals surface area contributed by atoms with Gasteiger partial charge in [0.15, 0.2) is 0 Å². The molecule has 0 spiro atoms. The monoisotopic (exact) mass is 231 g/mol. The summed E-state index contributed by atoms with van der Waals surface area (Å²) in [6.45, 7) is 0.829. The minimum Gasteiger partial charge on any atom is -0.297 e. The number of aromatic amines is 1. The minimum atomic E-state index is -0.659. The fraction of sp³-hybridized carbons (Fsp3) is 0.200. The zero-order chi connectivity index (χ0) is 12.3. The van der Waals surface area contributed by atoms with Crippen molar-refractivity contribution in [1.29, 1.82) is 5.26 Å². The van der Waals surface area contributed by atoms with Crippen molar-refractivity contribution >= 4 is 0 Å². The predicted octanol–water partition coefficient (Wildman–Crippen LogP) is -0.695. The Labute approximate surface area is 95.6 Å². The normalized spacial score (nSPS) is 10.1. The van der Waals surface area contributed by atoms with E-state index in [0.29, 0.717) is 13.1 Å². The molecule has 2 heterocycles. The first kappa shape index (κ1) is 10.9. The third kappa shape index (κ3) is 2.31. The first-order chi connectivity index (χ1) is 8.20. The van der Waals surface area contributed by atoms with Crippen LogP contribution < -0.4 is 11.2 Å². The number of H-pyrrole nitrogens is 1. The quantitative estimate of drug-likeness (QED) is 0.755. The maximum atomic E-state index is 11.4. The maximum absolute atomic E-state index is 11.4. The average Bonchev–Trinajstić information content (AvgIpc) is 2.81. The number of hydrogen-bond acceptors (Lipinski definition) is 4. The van der Waals surface area contributed by atoms with E-state index < -0.39 is 11.2 Å². The lowest BCUT2D eigenvalue weighted by molar-refractivity contribution is 0.515.